The number of morpholine rings is 1. The van der Waals surface area contributed by atoms with Crippen LogP contribution < -0.4 is 19.7 Å². The van der Waals surface area contributed by atoms with Crippen LogP contribution in [-0.2, 0) is 16.9 Å². The molecule has 1 N–H and O–H groups in total. The molecule has 0 atom stereocenters. The van der Waals surface area contributed by atoms with Crippen LogP contribution in [-0.4, -0.2) is 88.0 Å². The van der Waals surface area contributed by atoms with Crippen LogP contribution in [0.5, 0.6) is 11.5 Å². The van der Waals surface area contributed by atoms with Crippen molar-refractivity contribution in [2.75, 3.05) is 72.1 Å². The van der Waals surface area contributed by atoms with Gasteiger partial charge in [0.2, 0.25) is 0 Å². The van der Waals surface area contributed by atoms with Gasteiger partial charge in [-0.25, -0.2) is 9.97 Å². The molecule has 1 fully saturated rings. The highest BCUT2D eigenvalue weighted by Gasteiger charge is 2.12. The predicted octanol–water partition coefficient (Wildman–Crippen LogP) is 4.57. The Labute approximate surface area is 251 Å². The van der Waals surface area contributed by atoms with Crippen LogP contribution in [0, 0.1) is 0 Å². The minimum atomic E-state index is -0.0508. The lowest BCUT2D eigenvalue weighted by atomic mass is 10.1. The summed E-state index contributed by atoms with van der Waals surface area (Å²) < 4.78 is 16.1. The number of anilines is 1. The first-order valence-corrected chi connectivity index (χ1v) is 15.1. The van der Waals surface area contributed by atoms with Crippen LogP contribution in [0.4, 0.5) is 5.82 Å². The molecule has 3 aromatic rings. The highest BCUT2D eigenvalue weighted by molar-refractivity contribution is 7.98. The van der Waals surface area contributed by atoms with Crippen LogP contribution >= 0.6 is 23.4 Å². The number of carbonyl (C=O) groups excluding carboxylic acids is 1. The van der Waals surface area contributed by atoms with Crippen molar-refractivity contribution in [2.45, 2.75) is 23.8 Å². The van der Waals surface area contributed by atoms with Gasteiger partial charge in [0.1, 0.15) is 11.0 Å². The molecule has 0 bridgehead atoms. The Balaban J connectivity index is 1.24. The second-order valence-electron chi connectivity index (χ2n) is 9.74. The summed E-state index contributed by atoms with van der Waals surface area (Å²) in [5, 5.41) is 4.02. The number of nitrogens with one attached hydrogen (secondary N) is 1. The van der Waals surface area contributed by atoms with Crippen molar-refractivity contribution >= 4 is 35.1 Å². The van der Waals surface area contributed by atoms with E-state index in [1.54, 1.807) is 20.3 Å². The molecular formula is C30H38ClN5O4S. The van der Waals surface area contributed by atoms with Gasteiger partial charge in [-0.3, -0.25) is 9.69 Å². The fourth-order valence-corrected chi connectivity index (χ4v) is 5.46. The van der Waals surface area contributed by atoms with E-state index in [2.05, 4.69) is 20.1 Å². The van der Waals surface area contributed by atoms with Crippen molar-refractivity contribution < 1.29 is 19.0 Å². The van der Waals surface area contributed by atoms with E-state index in [0.717, 1.165) is 69.2 Å². The van der Waals surface area contributed by atoms with Crippen molar-refractivity contribution in [1.82, 2.24) is 20.2 Å². The number of likely N-dealkylation sites (N-methyl/N-ethyl adjacent to an activating group) is 1. The molecule has 0 saturated carbocycles. The number of benzene rings is 2. The van der Waals surface area contributed by atoms with E-state index in [1.807, 2.05) is 49.5 Å². The third-order valence-corrected chi connectivity index (χ3v) is 7.97. The van der Waals surface area contributed by atoms with Gasteiger partial charge >= 0.3 is 0 Å². The van der Waals surface area contributed by atoms with Gasteiger partial charge in [-0.1, -0.05) is 41.6 Å². The summed E-state index contributed by atoms with van der Waals surface area (Å²) in [5.41, 5.74) is 2.86. The summed E-state index contributed by atoms with van der Waals surface area (Å²) in [5.74, 6) is 2.79. The van der Waals surface area contributed by atoms with Crippen LogP contribution in [0.3, 0.4) is 0 Å². The Morgan fingerprint density at radius 2 is 1.78 bits per heavy atom. The second kappa shape index (κ2) is 15.8. The molecule has 0 unspecified atom stereocenters. The third kappa shape index (κ3) is 9.49. The number of thioether (sulfide) groups is 1. The molecule has 9 nitrogen and oxygen atoms in total. The van der Waals surface area contributed by atoms with Gasteiger partial charge < -0.3 is 24.4 Å². The molecule has 1 amide bonds. The zero-order valence-corrected chi connectivity index (χ0v) is 25.5. The highest BCUT2D eigenvalue weighted by atomic mass is 35.5. The van der Waals surface area contributed by atoms with Gasteiger partial charge in [0.05, 0.1) is 27.4 Å². The largest absolute Gasteiger partial charge is 0.493 e. The maximum atomic E-state index is 12.5. The van der Waals surface area contributed by atoms with Gasteiger partial charge in [0, 0.05) is 50.6 Å². The molecule has 4 rings (SSSR count). The van der Waals surface area contributed by atoms with Crippen LogP contribution in [0.1, 0.15) is 27.9 Å². The molecule has 1 aliphatic heterocycles. The van der Waals surface area contributed by atoms with E-state index < -0.39 is 0 Å². The average molecular weight is 600 g/mol. The number of carbonyl (C=O) groups is 1. The fraction of sp³-hybridized carbons (Fsp3) is 0.433. The number of hydrogen-bond donors (Lipinski definition) is 1. The second-order valence-corrected chi connectivity index (χ2v) is 11.1. The first-order chi connectivity index (χ1) is 19.9. The highest BCUT2D eigenvalue weighted by Crippen LogP contribution is 2.28. The molecule has 1 aliphatic rings. The Hall–Kier alpha value is -3.05. The Morgan fingerprint density at radius 3 is 2.51 bits per heavy atom. The zero-order chi connectivity index (χ0) is 29.0. The summed E-state index contributed by atoms with van der Waals surface area (Å²) in [6.45, 7) is 5.88. The Bertz CT molecular complexity index is 1270. The molecule has 0 aliphatic carbocycles. The molecular weight excluding hydrogens is 562 g/mol. The summed E-state index contributed by atoms with van der Waals surface area (Å²) in [6.07, 6.45) is 1.72. The predicted molar refractivity (Wildman–Crippen MR) is 164 cm³/mol. The molecule has 11 heteroatoms. The first kappa shape index (κ1) is 30.9. The van der Waals surface area contributed by atoms with Crippen molar-refractivity contribution in [3.05, 3.63) is 70.4 Å². The van der Waals surface area contributed by atoms with Gasteiger partial charge in [0.15, 0.2) is 16.7 Å². The van der Waals surface area contributed by atoms with E-state index >= 15 is 0 Å². The quantitative estimate of drug-likeness (QED) is 0.124. The van der Waals surface area contributed by atoms with Crippen molar-refractivity contribution in [3.63, 3.8) is 0 Å². The lowest BCUT2D eigenvalue weighted by Gasteiger charge is -2.26. The maximum absolute atomic E-state index is 12.5. The number of aromatic nitrogens is 2. The Morgan fingerprint density at radius 1 is 1.05 bits per heavy atom. The summed E-state index contributed by atoms with van der Waals surface area (Å²) >= 11 is 7.85. The standard InChI is InChI=1S/C30H38ClN5O4S/c1-35(14-11-22-7-10-25(38-2)26(19-22)39-3)28-20-27(31)33-30(34-28)41-21-23-5-8-24(9-6-23)29(37)32-12-4-13-36-15-17-40-18-16-36/h5-10,19-20H,4,11-18,21H2,1-3H3,(H,32,37). The third-order valence-electron chi connectivity index (χ3n) is 6.86. The number of hydrogen-bond acceptors (Lipinski definition) is 9. The van der Waals surface area contributed by atoms with Gasteiger partial charge in [0.25, 0.3) is 5.91 Å². The number of ether oxygens (including phenoxy) is 3. The maximum Gasteiger partial charge on any atom is 0.251 e. The molecule has 2 aromatic carbocycles. The summed E-state index contributed by atoms with van der Waals surface area (Å²) in [6, 6.07) is 15.4. The van der Waals surface area contributed by atoms with E-state index in [9.17, 15) is 4.79 Å². The molecule has 2 heterocycles. The lowest BCUT2D eigenvalue weighted by Crippen LogP contribution is -2.38. The van der Waals surface area contributed by atoms with E-state index in [4.69, 9.17) is 30.8 Å². The average Bonchev–Trinajstić information content (AvgIpc) is 3.01. The van der Waals surface area contributed by atoms with E-state index in [0.29, 0.717) is 39.7 Å². The smallest absolute Gasteiger partial charge is 0.251 e. The van der Waals surface area contributed by atoms with Crippen molar-refractivity contribution in [1.29, 1.82) is 0 Å². The van der Waals surface area contributed by atoms with E-state index in [1.165, 1.54) is 11.8 Å². The minimum Gasteiger partial charge on any atom is -0.493 e. The number of methoxy groups -OCH3 is 2. The zero-order valence-electron chi connectivity index (χ0n) is 23.9. The van der Waals surface area contributed by atoms with Crippen LogP contribution in [0.2, 0.25) is 5.15 Å². The van der Waals surface area contributed by atoms with Gasteiger partial charge in [-0.2, -0.15) is 0 Å². The normalized spacial score (nSPS) is 13.6. The SMILES string of the molecule is COc1ccc(CCN(C)c2cc(Cl)nc(SCc3ccc(C(=O)NCCCN4CCOCC4)cc3)n2)cc1OC. The summed E-state index contributed by atoms with van der Waals surface area (Å²) in [7, 11) is 5.25. The molecule has 1 aromatic heterocycles. The van der Waals surface area contributed by atoms with Gasteiger partial charge in [-0.15, -0.1) is 0 Å². The molecule has 41 heavy (non-hydrogen) atoms. The fourth-order valence-electron chi connectivity index (χ4n) is 4.42. The number of rotatable bonds is 14. The first-order valence-electron chi connectivity index (χ1n) is 13.7. The number of halogens is 1. The molecule has 220 valence electrons. The summed E-state index contributed by atoms with van der Waals surface area (Å²) in [4.78, 5) is 26.1. The van der Waals surface area contributed by atoms with Crippen LogP contribution in [0.15, 0.2) is 53.7 Å². The Kier molecular flexibility index (Phi) is 11.9. The minimum absolute atomic E-state index is 0.0508. The molecule has 0 spiro atoms. The molecule has 1 saturated heterocycles. The van der Waals surface area contributed by atoms with Gasteiger partial charge in [-0.05, 0) is 54.8 Å². The molecule has 0 radical (unpaired) electrons. The topological polar surface area (TPSA) is 89.1 Å². The number of nitrogens with zero attached hydrogens (tertiary/aromatic N) is 4. The lowest BCUT2D eigenvalue weighted by molar-refractivity contribution is 0.0374. The monoisotopic (exact) mass is 599 g/mol. The van der Waals surface area contributed by atoms with Crippen molar-refractivity contribution in [2.24, 2.45) is 0 Å². The van der Waals surface area contributed by atoms with E-state index in [-0.39, 0.29) is 5.91 Å². The number of amides is 1. The van der Waals surface area contributed by atoms with Crippen molar-refractivity contribution in [3.8, 4) is 11.5 Å². The van der Waals surface area contributed by atoms with Crippen LogP contribution in [0.25, 0.3) is 0 Å².